The van der Waals surface area contributed by atoms with E-state index in [1.165, 1.54) is 12.0 Å². The SMILES string of the molecule is NC1(Cc2ccoc2)CC2CCC1O2. The molecule has 0 spiro atoms. The summed E-state index contributed by atoms with van der Waals surface area (Å²) in [6, 6.07) is 1.99. The number of rotatable bonds is 2. The van der Waals surface area contributed by atoms with E-state index in [4.69, 9.17) is 14.9 Å². The fourth-order valence-electron chi connectivity index (χ4n) is 2.79. The fraction of sp³-hybridized carbons (Fsp3) is 0.636. The van der Waals surface area contributed by atoms with E-state index < -0.39 is 0 Å². The molecule has 2 saturated heterocycles. The number of hydrogen-bond donors (Lipinski definition) is 1. The molecule has 76 valence electrons. The molecule has 2 fully saturated rings. The molecule has 3 heteroatoms. The van der Waals surface area contributed by atoms with Gasteiger partial charge in [0.1, 0.15) is 0 Å². The normalized spacial score (nSPS) is 40.6. The summed E-state index contributed by atoms with van der Waals surface area (Å²) in [5.41, 5.74) is 7.41. The van der Waals surface area contributed by atoms with Crippen LogP contribution >= 0.6 is 0 Å². The molecule has 0 amide bonds. The highest BCUT2D eigenvalue weighted by molar-refractivity contribution is 5.16. The van der Waals surface area contributed by atoms with Crippen molar-refractivity contribution in [2.24, 2.45) is 5.73 Å². The average molecular weight is 193 g/mol. The van der Waals surface area contributed by atoms with Crippen LogP contribution in [0.5, 0.6) is 0 Å². The first-order chi connectivity index (χ1) is 6.76. The van der Waals surface area contributed by atoms with Gasteiger partial charge in [-0.2, -0.15) is 0 Å². The van der Waals surface area contributed by atoms with E-state index in [1.54, 1.807) is 12.5 Å². The Balaban J connectivity index is 1.78. The van der Waals surface area contributed by atoms with Crippen molar-refractivity contribution in [3.63, 3.8) is 0 Å². The standard InChI is InChI=1S/C11H15NO2/c12-11(5-8-3-4-13-7-8)6-9-1-2-10(11)14-9/h3-4,7,9-10H,1-2,5-6,12H2. The molecule has 3 heterocycles. The van der Waals surface area contributed by atoms with Crippen LogP contribution in [0.2, 0.25) is 0 Å². The summed E-state index contributed by atoms with van der Waals surface area (Å²) < 4.78 is 10.8. The van der Waals surface area contributed by atoms with Gasteiger partial charge in [0, 0.05) is 5.54 Å². The van der Waals surface area contributed by atoms with Crippen molar-refractivity contribution in [3.05, 3.63) is 24.2 Å². The van der Waals surface area contributed by atoms with Gasteiger partial charge in [0.05, 0.1) is 24.7 Å². The summed E-state index contributed by atoms with van der Waals surface area (Å²) in [5.74, 6) is 0. The Labute approximate surface area is 83.2 Å². The van der Waals surface area contributed by atoms with Crippen LogP contribution in [0.25, 0.3) is 0 Å². The maximum absolute atomic E-state index is 6.37. The Kier molecular flexibility index (Phi) is 1.73. The molecule has 3 nitrogen and oxygen atoms in total. The predicted octanol–water partition coefficient (Wildman–Crippen LogP) is 1.47. The molecule has 2 aliphatic heterocycles. The molecule has 1 aromatic rings. The topological polar surface area (TPSA) is 48.4 Å². The van der Waals surface area contributed by atoms with Crippen LogP contribution in [0, 0.1) is 0 Å². The third-order valence-electron chi connectivity index (χ3n) is 3.47. The van der Waals surface area contributed by atoms with Gasteiger partial charge in [0.15, 0.2) is 0 Å². The second kappa shape index (κ2) is 2.84. The molecule has 3 unspecified atom stereocenters. The van der Waals surface area contributed by atoms with Gasteiger partial charge in [0.2, 0.25) is 0 Å². The molecule has 0 saturated carbocycles. The number of ether oxygens (including phenoxy) is 1. The number of hydrogen-bond acceptors (Lipinski definition) is 3. The van der Waals surface area contributed by atoms with E-state index in [9.17, 15) is 0 Å². The van der Waals surface area contributed by atoms with E-state index >= 15 is 0 Å². The van der Waals surface area contributed by atoms with Crippen LogP contribution < -0.4 is 5.73 Å². The van der Waals surface area contributed by atoms with Crippen molar-refractivity contribution in [1.29, 1.82) is 0 Å². The Hall–Kier alpha value is -0.800. The van der Waals surface area contributed by atoms with Gasteiger partial charge >= 0.3 is 0 Å². The Morgan fingerprint density at radius 3 is 3.00 bits per heavy atom. The van der Waals surface area contributed by atoms with Gasteiger partial charge < -0.3 is 14.9 Å². The van der Waals surface area contributed by atoms with Gasteiger partial charge in [-0.25, -0.2) is 0 Å². The number of furan rings is 1. The summed E-state index contributed by atoms with van der Waals surface area (Å²) in [7, 11) is 0. The maximum Gasteiger partial charge on any atom is 0.0935 e. The minimum Gasteiger partial charge on any atom is -0.472 e. The summed E-state index contributed by atoms with van der Waals surface area (Å²) >= 11 is 0. The summed E-state index contributed by atoms with van der Waals surface area (Å²) in [5, 5.41) is 0. The van der Waals surface area contributed by atoms with E-state index in [2.05, 4.69) is 0 Å². The van der Waals surface area contributed by atoms with Crippen molar-refractivity contribution in [2.45, 2.75) is 43.4 Å². The molecule has 0 aliphatic carbocycles. The zero-order valence-corrected chi connectivity index (χ0v) is 8.11. The van der Waals surface area contributed by atoms with Gasteiger partial charge in [-0.3, -0.25) is 0 Å². The monoisotopic (exact) mass is 193 g/mol. The fourth-order valence-corrected chi connectivity index (χ4v) is 2.79. The molecule has 14 heavy (non-hydrogen) atoms. The Bertz CT molecular complexity index is 322. The lowest BCUT2D eigenvalue weighted by Gasteiger charge is -2.30. The van der Waals surface area contributed by atoms with E-state index in [0.717, 1.165) is 19.3 Å². The lowest BCUT2D eigenvalue weighted by Crippen LogP contribution is -2.50. The highest BCUT2D eigenvalue weighted by atomic mass is 16.5. The maximum atomic E-state index is 6.37. The Morgan fingerprint density at radius 2 is 2.43 bits per heavy atom. The van der Waals surface area contributed by atoms with E-state index in [0.29, 0.717) is 6.10 Å². The third kappa shape index (κ3) is 1.20. The summed E-state index contributed by atoms with van der Waals surface area (Å²) in [6.07, 6.45) is 8.36. The first-order valence-electron chi connectivity index (χ1n) is 5.22. The minimum atomic E-state index is -0.146. The first-order valence-corrected chi connectivity index (χ1v) is 5.22. The molecule has 2 aliphatic rings. The van der Waals surface area contributed by atoms with Crippen LogP contribution in [-0.2, 0) is 11.2 Å². The van der Waals surface area contributed by atoms with Crippen molar-refractivity contribution >= 4 is 0 Å². The van der Waals surface area contributed by atoms with Crippen LogP contribution in [0.4, 0.5) is 0 Å². The molecule has 3 rings (SSSR count). The van der Waals surface area contributed by atoms with Crippen LogP contribution in [0.15, 0.2) is 23.0 Å². The van der Waals surface area contributed by atoms with Crippen LogP contribution in [0.1, 0.15) is 24.8 Å². The minimum absolute atomic E-state index is 0.146. The molecule has 3 atom stereocenters. The average Bonchev–Trinajstić information content (AvgIpc) is 2.78. The van der Waals surface area contributed by atoms with Crippen molar-refractivity contribution in [2.75, 3.05) is 0 Å². The van der Waals surface area contributed by atoms with Crippen LogP contribution in [0.3, 0.4) is 0 Å². The van der Waals surface area contributed by atoms with Gasteiger partial charge in [0.25, 0.3) is 0 Å². The Morgan fingerprint density at radius 1 is 1.50 bits per heavy atom. The zero-order valence-electron chi connectivity index (χ0n) is 8.11. The lowest BCUT2D eigenvalue weighted by molar-refractivity contribution is 0.0856. The number of fused-ring (bicyclic) bond motifs is 2. The molecule has 2 N–H and O–H groups in total. The zero-order chi connectivity index (χ0) is 9.60. The van der Waals surface area contributed by atoms with Crippen molar-refractivity contribution < 1.29 is 9.15 Å². The molecule has 0 aromatic carbocycles. The highest BCUT2D eigenvalue weighted by Gasteiger charge is 2.49. The quantitative estimate of drug-likeness (QED) is 0.773. The third-order valence-corrected chi connectivity index (χ3v) is 3.47. The molecule has 0 radical (unpaired) electrons. The largest absolute Gasteiger partial charge is 0.472 e. The second-order valence-electron chi connectivity index (χ2n) is 4.57. The molecular weight excluding hydrogens is 178 g/mol. The van der Waals surface area contributed by atoms with Crippen LogP contribution in [-0.4, -0.2) is 17.7 Å². The van der Waals surface area contributed by atoms with E-state index in [1.807, 2.05) is 6.07 Å². The highest BCUT2D eigenvalue weighted by Crippen LogP contribution is 2.41. The number of nitrogens with two attached hydrogens (primary N) is 1. The smallest absolute Gasteiger partial charge is 0.0935 e. The van der Waals surface area contributed by atoms with Gasteiger partial charge in [-0.15, -0.1) is 0 Å². The predicted molar refractivity (Wildman–Crippen MR) is 51.8 cm³/mol. The van der Waals surface area contributed by atoms with Gasteiger partial charge in [-0.1, -0.05) is 0 Å². The van der Waals surface area contributed by atoms with Gasteiger partial charge in [-0.05, 0) is 37.3 Å². The van der Waals surface area contributed by atoms with E-state index in [-0.39, 0.29) is 11.6 Å². The molecule has 2 bridgehead atoms. The lowest BCUT2D eigenvalue weighted by atomic mass is 9.79. The summed E-state index contributed by atoms with van der Waals surface area (Å²) in [4.78, 5) is 0. The second-order valence-corrected chi connectivity index (χ2v) is 4.57. The molecule has 1 aromatic heterocycles. The van der Waals surface area contributed by atoms with Crippen molar-refractivity contribution in [3.8, 4) is 0 Å². The summed E-state index contributed by atoms with van der Waals surface area (Å²) in [6.45, 7) is 0. The first kappa shape index (κ1) is 8.50. The molecular formula is C11H15NO2. The van der Waals surface area contributed by atoms with Crippen molar-refractivity contribution in [1.82, 2.24) is 0 Å².